The molecule has 1 aliphatic carbocycles. The molecule has 2 rings (SSSR count). The van der Waals surface area contributed by atoms with Crippen LogP contribution in [0.3, 0.4) is 0 Å². The van der Waals surface area contributed by atoms with Gasteiger partial charge in [0.05, 0.1) is 0 Å². The second-order valence-corrected chi connectivity index (χ2v) is 7.38. The first kappa shape index (κ1) is 18.9. The molecule has 0 saturated heterocycles. The van der Waals surface area contributed by atoms with Crippen molar-refractivity contribution < 1.29 is 8.42 Å². The van der Waals surface area contributed by atoms with Crippen LogP contribution < -0.4 is 17.0 Å². The van der Waals surface area contributed by atoms with Gasteiger partial charge in [0.1, 0.15) is 0 Å². The highest BCUT2D eigenvalue weighted by atomic mass is 35.5. The average Bonchev–Trinajstić information content (AvgIpc) is 3.25. The summed E-state index contributed by atoms with van der Waals surface area (Å²) < 4.78 is 28.3. The summed E-state index contributed by atoms with van der Waals surface area (Å²) in [4.78, 5) is 23.3. The minimum Gasteiger partial charge on any atom is -0.329 e. The Balaban J connectivity index is 0.00000242. The largest absolute Gasteiger partial charge is 0.330 e. The molecule has 1 saturated carbocycles. The summed E-state index contributed by atoms with van der Waals surface area (Å²) in [6.45, 7) is 0.201. The molecule has 0 bridgehead atoms. The van der Waals surface area contributed by atoms with Crippen LogP contribution in [0.2, 0.25) is 0 Å². The SMILES string of the molecule is CN(C(CN)C1CC1)S(=O)(=O)c1cn(C)c(=O)n(C)c1=O.Cl. The molecule has 0 aromatic carbocycles. The highest BCUT2D eigenvalue weighted by Gasteiger charge is 2.39. The summed E-state index contributed by atoms with van der Waals surface area (Å²) in [5.41, 5.74) is 4.27. The first-order valence-corrected chi connectivity index (χ1v) is 8.10. The van der Waals surface area contributed by atoms with E-state index in [1.54, 1.807) is 0 Å². The zero-order chi connectivity index (χ0) is 15.9. The fraction of sp³-hybridized carbons (Fsp3) is 0.667. The van der Waals surface area contributed by atoms with Crippen molar-refractivity contribution in [2.75, 3.05) is 13.6 Å². The first-order chi connectivity index (χ1) is 9.71. The van der Waals surface area contributed by atoms with Crippen LogP contribution in [-0.2, 0) is 24.1 Å². The van der Waals surface area contributed by atoms with Crippen LogP contribution in [0.5, 0.6) is 0 Å². The standard InChI is InChI=1S/C12H20N4O4S.ClH/c1-14-7-10(11(17)15(2)12(14)18)21(19,20)16(3)9(6-13)8-4-5-8;/h7-9H,4-6,13H2,1-3H3;1H. The van der Waals surface area contributed by atoms with E-state index in [1.165, 1.54) is 21.1 Å². The first-order valence-electron chi connectivity index (χ1n) is 6.66. The average molecular weight is 353 g/mol. The Kier molecular flexibility index (Phi) is 5.61. The van der Waals surface area contributed by atoms with E-state index in [1.807, 2.05) is 0 Å². The summed E-state index contributed by atoms with van der Waals surface area (Å²) in [5.74, 6) is 0.242. The lowest BCUT2D eigenvalue weighted by atomic mass is 10.2. The molecule has 0 aliphatic heterocycles. The molecule has 2 N–H and O–H groups in total. The minimum absolute atomic E-state index is 0. The summed E-state index contributed by atoms with van der Waals surface area (Å²) >= 11 is 0. The molecule has 126 valence electrons. The fourth-order valence-electron chi connectivity index (χ4n) is 2.40. The highest BCUT2D eigenvalue weighted by molar-refractivity contribution is 7.89. The maximum absolute atomic E-state index is 12.6. The Morgan fingerprint density at radius 3 is 2.36 bits per heavy atom. The molecular formula is C12H21ClN4O4S. The van der Waals surface area contributed by atoms with Gasteiger partial charge >= 0.3 is 5.69 Å². The second kappa shape index (κ2) is 6.53. The van der Waals surface area contributed by atoms with Crippen molar-refractivity contribution in [1.29, 1.82) is 0 Å². The van der Waals surface area contributed by atoms with Crippen LogP contribution in [0.4, 0.5) is 0 Å². The molecular weight excluding hydrogens is 332 g/mol. The normalized spacial score (nSPS) is 16.4. The molecule has 0 amide bonds. The summed E-state index contributed by atoms with van der Waals surface area (Å²) in [6, 6.07) is -0.322. The molecule has 1 aromatic heterocycles. The number of aryl methyl sites for hydroxylation is 1. The van der Waals surface area contributed by atoms with Crippen molar-refractivity contribution in [2.45, 2.75) is 23.8 Å². The lowest BCUT2D eigenvalue weighted by molar-refractivity contribution is 0.339. The van der Waals surface area contributed by atoms with Crippen molar-refractivity contribution >= 4 is 22.4 Å². The number of sulfonamides is 1. The Hall–Kier alpha value is -1.16. The molecule has 22 heavy (non-hydrogen) atoms. The van der Waals surface area contributed by atoms with Crippen LogP contribution in [-0.4, -0.2) is 41.5 Å². The topological polar surface area (TPSA) is 107 Å². The van der Waals surface area contributed by atoms with Crippen molar-refractivity contribution in [2.24, 2.45) is 25.7 Å². The fourth-order valence-corrected chi connectivity index (χ4v) is 3.98. The van der Waals surface area contributed by atoms with E-state index < -0.39 is 26.2 Å². The number of hydrogen-bond acceptors (Lipinski definition) is 5. The van der Waals surface area contributed by atoms with Gasteiger partial charge in [-0.05, 0) is 18.8 Å². The maximum atomic E-state index is 12.6. The predicted molar refractivity (Wildman–Crippen MR) is 84.7 cm³/mol. The van der Waals surface area contributed by atoms with Gasteiger partial charge in [0, 0.05) is 39.9 Å². The highest BCUT2D eigenvalue weighted by Crippen LogP contribution is 2.35. The number of nitrogens with two attached hydrogens (primary N) is 1. The maximum Gasteiger partial charge on any atom is 0.330 e. The number of aromatic nitrogens is 2. The van der Waals surface area contributed by atoms with Crippen LogP contribution in [0.25, 0.3) is 0 Å². The monoisotopic (exact) mass is 352 g/mol. The van der Waals surface area contributed by atoms with Crippen molar-refractivity contribution in [3.8, 4) is 0 Å². The van der Waals surface area contributed by atoms with E-state index in [9.17, 15) is 18.0 Å². The van der Waals surface area contributed by atoms with Crippen LogP contribution >= 0.6 is 12.4 Å². The number of likely N-dealkylation sites (N-methyl/N-ethyl adjacent to an activating group) is 1. The quantitative estimate of drug-likeness (QED) is 0.721. The molecule has 1 atom stereocenters. The molecule has 8 nitrogen and oxygen atoms in total. The molecule has 1 unspecified atom stereocenters. The van der Waals surface area contributed by atoms with E-state index in [-0.39, 0.29) is 30.9 Å². The van der Waals surface area contributed by atoms with Gasteiger partial charge in [0.2, 0.25) is 10.0 Å². The second-order valence-electron chi connectivity index (χ2n) is 5.41. The minimum atomic E-state index is -3.99. The third-order valence-electron chi connectivity index (χ3n) is 3.95. The van der Waals surface area contributed by atoms with Crippen LogP contribution in [0.15, 0.2) is 20.7 Å². The zero-order valence-electron chi connectivity index (χ0n) is 12.7. The van der Waals surface area contributed by atoms with Gasteiger partial charge in [-0.2, -0.15) is 4.31 Å². The third kappa shape index (κ3) is 3.12. The van der Waals surface area contributed by atoms with Crippen molar-refractivity contribution in [1.82, 2.24) is 13.4 Å². The van der Waals surface area contributed by atoms with E-state index in [0.29, 0.717) is 0 Å². The number of nitrogens with zero attached hydrogens (tertiary/aromatic N) is 3. The Bertz CT molecular complexity index is 766. The van der Waals surface area contributed by atoms with Crippen molar-refractivity contribution in [3.63, 3.8) is 0 Å². The molecule has 1 aromatic rings. The summed E-state index contributed by atoms with van der Waals surface area (Å²) in [6.07, 6.45) is 2.94. The molecule has 0 radical (unpaired) electrons. The van der Waals surface area contributed by atoms with Crippen molar-refractivity contribution in [3.05, 3.63) is 27.0 Å². The third-order valence-corrected chi connectivity index (χ3v) is 5.81. The van der Waals surface area contributed by atoms with Gasteiger partial charge in [0.15, 0.2) is 4.90 Å². The van der Waals surface area contributed by atoms with E-state index in [2.05, 4.69) is 0 Å². The number of halogens is 1. The van der Waals surface area contributed by atoms with Crippen LogP contribution in [0.1, 0.15) is 12.8 Å². The Morgan fingerprint density at radius 1 is 1.36 bits per heavy atom. The van der Waals surface area contributed by atoms with E-state index >= 15 is 0 Å². The molecule has 1 aliphatic rings. The zero-order valence-corrected chi connectivity index (χ0v) is 14.4. The molecule has 1 fully saturated rings. The lowest BCUT2D eigenvalue weighted by Gasteiger charge is -2.26. The van der Waals surface area contributed by atoms with Gasteiger partial charge in [-0.25, -0.2) is 13.2 Å². The van der Waals surface area contributed by atoms with Gasteiger partial charge in [-0.3, -0.25) is 9.36 Å². The Labute approximate surface area is 135 Å². The van der Waals surface area contributed by atoms with Gasteiger partial charge in [0.25, 0.3) is 5.56 Å². The van der Waals surface area contributed by atoms with Gasteiger partial charge < -0.3 is 10.3 Å². The molecule has 0 spiro atoms. The number of hydrogen-bond donors (Lipinski definition) is 1. The molecule has 1 heterocycles. The van der Waals surface area contributed by atoms with E-state index in [4.69, 9.17) is 5.73 Å². The number of rotatable bonds is 5. The van der Waals surface area contributed by atoms with Gasteiger partial charge in [-0.15, -0.1) is 12.4 Å². The smallest absolute Gasteiger partial charge is 0.329 e. The predicted octanol–water partition coefficient (Wildman–Crippen LogP) is -1.14. The molecule has 10 heteroatoms. The summed E-state index contributed by atoms with van der Waals surface area (Å²) in [5, 5.41) is 0. The Morgan fingerprint density at radius 2 is 1.91 bits per heavy atom. The van der Waals surface area contributed by atoms with Gasteiger partial charge in [-0.1, -0.05) is 0 Å². The summed E-state index contributed by atoms with van der Waals surface area (Å²) in [7, 11) is 0.0987. The lowest BCUT2D eigenvalue weighted by Crippen LogP contribution is -2.47. The van der Waals surface area contributed by atoms with E-state index in [0.717, 1.165) is 32.5 Å². The van der Waals surface area contributed by atoms with Crippen LogP contribution in [0, 0.1) is 5.92 Å².